The molecular weight excluding hydrogens is 353 g/mol. The van der Waals surface area contributed by atoms with Crippen molar-refractivity contribution < 1.29 is 23.5 Å². The first-order valence-electron chi connectivity index (χ1n) is 9.35. The number of allylic oxidation sites excluding steroid dienone is 2. The van der Waals surface area contributed by atoms with E-state index in [-0.39, 0.29) is 24.1 Å². The molecule has 0 aromatic rings. The van der Waals surface area contributed by atoms with Gasteiger partial charge in [0.15, 0.2) is 6.10 Å². The van der Waals surface area contributed by atoms with E-state index in [1.165, 1.54) is 17.2 Å². The van der Waals surface area contributed by atoms with Crippen LogP contribution in [0.1, 0.15) is 33.1 Å². The molecule has 8 heteroatoms. The van der Waals surface area contributed by atoms with Gasteiger partial charge in [-0.3, -0.25) is 14.7 Å². The summed E-state index contributed by atoms with van der Waals surface area (Å²) < 4.78 is 25.9. The quantitative estimate of drug-likeness (QED) is 0.760. The van der Waals surface area contributed by atoms with Crippen LogP contribution in [0.25, 0.3) is 0 Å². The summed E-state index contributed by atoms with van der Waals surface area (Å²) in [6, 6.07) is -0.670. The molecule has 0 saturated carbocycles. The van der Waals surface area contributed by atoms with Crippen LogP contribution >= 0.6 is 0 Å². The van der Waals surface area contributed by atoms with Gasteiger partial charge in [-0.15, -0.1) is 0 Å². The maximum absolute atomic E-state index is 15.1. The van der Waals surface area contributed by atoms with E-state index in [1.807, 2.05) is 6.92 Å². The number of carbonyl (C=O) groups excluding carboxylic acids is 2. The Hall–Kier alpha value is -2.48. The second-order valence-electron chi connectivity index (χ2n) is 6.85. The SMILES string of the molecule is CCOC(=O)C1=NC(CC)C2=COC3C(=C(F)C=C4CCCNC43)N2C1=O. The van der Waals surface area contributed by atoms with E-state index in [1.54, 1.807) is 6.92 Å². The molecule has 3 heterocycles. The molecule has 0 aromatic heterocycles. The van der Waals surface area contributed by atoms with Gasteiger partial charge in [-0.25, -0.2) is 9.18 Å². The molecular formula is C19H22FN3O4. The average molecular weight is 375 g/mol. The van der Waals surface area contributed by atoms with Gasteiger partial charge in [0.05, 0.1) is 24.4 Å². The normalized spacial score (nSPS) is 29.6. The molecule has 3 atom stereocenters. The Bertz CT molecular complexity index is 814. The molecule has 3 unspecified atom stereocenters. The fourth-order valence-corrected chi connectivity index (χ4v) is 4.02. The molecule has 144 valence electrons. The van der Waals surface area contributed by atoms with Crippen LogP contribution in [0.15, 0.2) is 40.1 Å². The zero-order valence-electron chi connectivity index (χ0n) is 15.3. The number of nitrogens with one attached hydrogen (secondary N) is 1. The monoisotopic (exact) mass is 375 g/mol. The summed E-state index contributed by atoms with van der Waals surface area (Å²) >= 11 is 0. The lowest BCUT2D eigenvalue weighted by Crippen LogP contribution is -2.56. The second-order valence-corrected chi connectivity index (χ2v) is 6.85. The minimum absolute atomic E-state index is 0.130. The van der Waals surface area contributed by atoms with Crippen molar-refractivity contribution in [3.63, 3.8) is 0 Å². The van der Waals surface area contributed by atoms with E-state index >= 15 is 4.39 Å². The molecule has 1 aliphatic carbocycles. The summed E-state index contributed by atoms with van der Waals surface area (Å²) in [4.78, 5) is 30.8. The molecule has 7 nitrogen and oxygen atoms in total. The van der Waals surface area contributed by atoms with E-state index in [9.17, 15) is 9.59 Å². The predicted molar refractivity (Wildman–Crippen MR) is 95.2 cm³/mol. The number of nitrogens with zero attached hydrogens (tertiary/aromatic N) is 2. The maximum atomic E-state index is 15.1. The lowest BCUT2D eigenvalue weighted by Gasteiger charge is -2.45. The maximum Gasteiger partial charge on any atom is 0.362 e. The standard InChI is InChI=1S/C19H22FN3O4/c1-3-12-13-9-27-17-14-10(6-5-7-21-14)8-11(20)16(17)23(13)18(24)15(22-12)19(25)26-4-2/h8-9,12,14,17,21H,3-7H2,1-2H3. The van der Waals surface area contributed by atoms with Gasteiger partial charge in [0.2, 0.25) is 5.71 Å². The molecule has 27 heavy (non-hydrogen) atoms. The van der Waals surface area contributed by atoms with Gasteiger partial charge >= 0.3 is 5.97 Å². The van der Waals surface area contributed by atoms with Crippen LogP contribution in [-0.4, -0.2) is 53.8 Å². The largest absolute Gasteiger partial charge is 0.488 e. The number of carbonyl (C=O) groups is 2. The Morgan fingerprint density at radius 1 is 1.48 bits per heavy atom. The van der Waals surface area contributed by atoms with E-state index in [0.717, 1.165) is 25.0 Å². The smallest absolute Gasteiger partial charge is 0.362 e. The van der Waals surface area contributed by atoms with Crippen molar-refractivity contribution in [2.24, 2.45) is 4.99 Å². The Kier molecular flexibility index (Phi) is 4.59. The number of hydrogen-bond donors (Lipinski definition) is 1. The fourth-order valence-electron chi connectivity index (χ4n) is 4.02. The first-order chi connectivity index (χ1) is 13.1. The number of fused-ring (bicyclic) bond motifs is 5. The summed E-state index contributed by atoms with van der Waals surface area (Å²) in [5.41, 5.74) is 1.22. The summed E-state index contributed by atoms with van der Waals surface area (Å²) in [5.74, 6) is -1.96. The van der Waals surface area contributed by atoms with Crippen molar-refractivity contribution in [1.82, 2.24) is 10.2 Å². The highest BCUT2D eigenvalue weighted by Gasteiger charge is 2.48. The highest BCUT2D eigenvalue weighted by Crippen LogP contribution is 2.40. The third-order valence-electron chi connectivity index (χ3n) is 5.26. The van der Waals surface area contributed by atoms with Gasteiger partial charge in [0, 0.05) is 0 Å². The van der Waals surface area contributed by atoms with Crippen molar-refractivity contribution in [3.05, 3.63) is 35.1 Å². The van der Waals surface area contributed by atoms with Gasteiger partial charge in [-0.2, -0.15) is 0 Å². The first-order valence-corrected chi connectivity index (χ1v) is 9.35. The van der Waals surface area contributed by atoms with Crippen LogP contribution in [0.4, 0.5) is 4.39 Å². The number of aliphatic imine (C=N–C) groups is 1. The molecule has 0 spiro atoms. The van der Waals surface area contributed by atoms with Crippen LogP contribution in [-0.2, 0) is 19.1 Å². The summed E-state index contributed by atoms with van der Waals surface area (Å²) in [6.45, 7) is 4.47. The molecule has 0 aromatic carbocycles. The van der Waals surface area contributed by atoms with Crippen LogP contribution in [0.5, 0.6) is 0 Å². The van der Waals surface area contributed by atoms with Gasteiger partial charge in [-0.1, -0.05) is 6.92 Å². The summed E-state index contributed by atoms with van der Waals surface area (Å²) in [5, 5.41) is 3.35. The number of ether oxygens (including phenoxy) is 2. The average Bonchev–Trinajstić information content (AvgIpc) is 2.68. The van der Waals surface area contributed by atoms with Crippen LogP contribution in [0, 0.1) is 0 Å². The predicted octanol–water partition coefficient (Wildman–Crippen LogP) is 1.72. The Balaban J connectivity index is 1.80. The second kappa shape index (κ2) is 6.92. The van der Waals surface area contributed by atoms with Gasteiger partial charge in [0.25, 0.3) is 5.91 Å². The minimum Gasteiger partial charge on any atom is -0.488 e. The van der Waals surface area contributed by atoms with Gasteiger partial charge in [0.1, 0.15) is 17.8 Å². The molecule has 1 amide bonds. The third-order valence-corrected chi connectivity index (χ3v) is 5.26. The molecule has 1 fully saturated rings. The third kappa shape index (κ3) is 2.79. The Morgan fingerprint density at radius 3 is 3.04 bits per heavy atom. The van der Waals surface area contributed by atoms with E-state index < -0.39 is 29.8 Å². The molecule has 4 rings (SSSR count). The molecule has 3 aliphatic heterocycles. The molecule has 4 aliphatic rings. The van der Waals surface area contributed by atoms with Crippen LogP contribution < -0.4 is 5.32 Å². The number of piperidine rings is 1. The minimum atomic E-state index is -0.785. The lowest BCUT2D eigenvalue weighted by molar-refractivity contribution is -0.137. The van der Waals surface area contributed by atoms with Crippen molar-refractivity contribution in [3.8, 4) is 0 Å². The fraction of sp³-hybridized carbons (Fsp3) is 0.526. The number of amides is 1. The summed E-state index contributed by atoms with van der Waals surface area (Å²) in [7, 11) is 0. The molecule has 0 radical (unpaired) electrons. The number of hydrogen-bond acceptors (Lipinski definition) is 6. The Morgan fingerprint density at radius 2 is 2.30 bits per heavy atom. The molecule has 0 bridgehead atoms. The number of rotatable bonds is 3. The van der Waals surface area contributed by atoms with E-state index in [4.69, 9.17) is 9.47 Å². The first kappa shape index (κ1) is 17.9. The van der Waals surface area contributed by atoms with Gasteiger partial charge < -0.3 is 14.8 Å². The van der Waals surface area contributed by atoms with Crippen molar-refractivity contribution >= 4 is 17.6 Å². The van der Waals surface area contributed by atoms with E-state index in [2.05, 4.69) is 10.3 Å². The van der Waals surface area contributed by atoms with Crippen molar-refractivity contribution in [2.45, 2.75) is 51.3 Å². The highest BCUT2D eigenvalue weighted by molar-refractivity contribution is 6.64. The molecule has 1 saturated heterocycles. The zero-order chi connectivity index (χ0) is 19.1. The van der Waals surface area contributed by atoms with Crippen LogP contribution in [0.2, 0.25) is 0 Å². The lowest BCUT2D eigenvalue weighted by atomic mass is 9.85. The number of esters is 1. The van der Waals surface area contributed by atoms with Crippen LogP contribution in [0.3, 0.4) is 0 Å². The van der Waals surface area contributed by atoms with Crippen molar-refractivity contribution in [2.75, 3.05) is 13.2 Å². The van der Waals surface area contributed by atoms with Gasteiger partial charge in [-0.05, 0) is 44.4 Å². The number of halogens is 1. The van der Waals surface area contributed by atoms with Crippen molar-refractivity contribution in [1.29, 1.82) is 0 Å². The van der Waals surface area contributed by atoms with E-state index in [0.29, 0.717) is 12.1 Å². The highest BCUT2D eigenvalue weighted by atomic mass is 19.1. The Labute approximate surface area is 156 Å². The zero-order valence-corrected chi connectivity index (χ0v) is 15.3. The summed E-state index contributed by atoms with van der Waals surface area (Å²) in [6.07, 6.45) is 4.56. The molecule has 1 N–H and O–H groups in total. The topological polar surface area (TPSA) is 80.2 Å².